The quantitative estimate of drug-likeness (QED) is 0.918. The molecule has 2 aliphatic rings. The summed E-state index contributed by atoms with van der Waals surface area (Å²) in [7, 11) is 3.91. The second kappa shape index (κ2) is 5.45. The van der Waals surface area contributed by atoms with Gasteiger partial charge in [-0.15, -0.1) is 0 Å². The lowest BCUT2D eigenvalue weighted by atomic mass is 9.88. The predicted octanol–water partition coefficient (Wildman–Crippen LogP) is 1.07. The summed E-state index contributed by atoms with van der Waals surface area (Å²) < 4.78 is 22.1. The van der Waals surface area contributed by atoms with Crippen molar-refractivity contribution in [3.63, 3.8) is 0 Å². The van der Waals surface area contributed by atoms with Gasteiger partial charge in [-0.25, -0.2) is 0 Å². The molecule has 1 aromatic heterocycles. The number of hydrogen-bond donors (Lipinski definition) is 1. The van der Waals surface area contributed by atoms with Gasteiger partial charge in [0.05, 0.1) is 38.4 Å². The van der Waals surface area contributed by atoms with E-state index in [4.69, 9.17) is 18.7 Å². The van der Waals surface area contributed by atoms with E-state index in [2.05, 4.69) is 18.3 Å². The predicted molar refractivity (Wildman–Crippen MR) is 82.3 cm³/mol. The first kappa shape index (κ1) is 14.4. The van der Waals surface area contributed by atoms with Crippen LogP contribution in [-0.2, 0) is 12.8 Å². The molecule has 0 amide bonds. The number of aryl methyl sites for hydroxylation is 1. The molecule has 3 heterocycles. The van der Waals surface area contributed by atoms with Gasteiger partial charge < -0.3 is 23.6 Å². The number of aromatic nitrogens is 1. The summed E-state index contributed by atoms with van der Waals surface area (Å²) in [6.07, 6.45) is 1.81. The number of nitrogens with one attached hydrogen (secondary N) is 1. The molecule has 0 saturated heterocycles. The van der Waals surface area contributed by atoms with Crippen molar-refractivity contribution in [1.82, 2.24) is 5.16 Å². The van der Waals surface area contributed by atoms with Crippen LogP contribution in [0.25, 0.3) is 0 Å². The number of rotatable bonds is 3. The van der Waals surface area contributed by atoms with Crippen LogP contribution in [0.2, 0.25) is 0 Å². The molecule has 1 N–H and O–H groups in total. The van der Waals surface area contributed by atoms with Crippen molar-refractivity contribution in [3.05, 3.63) is 34.7 Å². The Morgan fingerprint density at radius 1 is 1.35 bits per heavy atom. The summed E-state index contributed by atoms with van der Waals surface area (Å²) in [5.74, 6) is 3.16. The van der Waals surface area contributed by atoms with Gasteiger partial charge in [-0.3, -0.25) is 0 Å². The maximum Gasteiger partial charge on any atom is 0.231 e. The number of likely N-dealkylation sites (N-methyl/N-ethyl adjacent to an activating group) is 1. The fourth-order valence-electron chi connectivity index (χ4n) is 3.62. The van der Waals surface area contributed by atoms with Crippen LogP contribution < -0.4 is 19.1 Å². The molecule has 2 atom stereocenters. The van der Waals surface area contributed by atoms with Crippen LogP contribution in [0.3, 0.4) is 0 Å². The first-order chi connectivity index (χ1) is 11.2. The second-order valence-corrected chi connectivity index (χ2v) is 6.25. The van der Waals surface area contributed by atoms with E-state index in [1.54, 1.807) is 7.11 Å². The molecule has 0 spiro atoms. The van der Waals surface area contributed by atoms with E-state index in [-0.39, 0.29) is 12.8 Å². The van der Waals surface area contributed by atoms with Gasteiger partial charge in [-0.2, -0.15) is 0 Å². The Hall–Kier alpha value is -2.21. The van der Waals surface area contributed by atoms with E-state index in [0.29, 0.717) is 0 Å². The number of benzene rings is 1. The van der Waals surface area contributed by atoms with Crippen LogP contribution in [-0.4, -0.2) is 32.7 Å². The third kappa shape index (κ3) is 2.34. The zero-order chi connectivity index (χ0) is 16.0. The summed E-state index contributed by atoms with van der Waals surface area (Å²) in [6.45, 7) is 3.24. The summed E-state index contributed by atoms with van der Waals surface area (Å²) in [4.78, 5) is 1.44. The van der Waals surface area contributed by atoms with Gasteiger partial charge in [0.25, 0.3) is 0 Å². The van der Waals surface area contributed by atoms with Crippen LogP contribution in [0.5, 0.6) is 17.2 Å². The first-order valence-corrected chi connectivity index (χ1v) is 7.91. The molecule has 23 heavy (non-hydrogen) atoms. The monoisotopic (exact) mass is 317 g/mol. The van der Waals surface area contributed by atoms with Gasteiger partial charge in [0, 0.05) is 12.5 Å². The lowest BCUT2D eigenvalue weighted by Gasteiger charge is -2.32. The minimum atomic E-state index is 0.254. The van der Waals surface area contributed by atoms with Gasteiger partial charge >= 0.3 is 0 Å². The molecule has 2 aliphatic heterocycles. The molecule has 122 valence electrons. The Balaban J connectivity index is 1.80. The van der Waals surface area contributed by atoms with Gasteiger partial charge in [0.2, 0.25) is 12.5 Å². The largest absolute Gasteiger partial charge is 0.492 e. The fraction of sp³-hybridized carbons (Fsp3) is 0.471. The average Bonchev–Trinajstić information content (AvgIpc) is 3.16. The number of nitrogens with zero attached hydrogens (tertiary/aromatic N) is 1. The van der Waals surface area contributed by atoms with Crippen LogP contribution in [0.1, 0.15) is 28.6 Å². The number of methoxy groups -OCH3 is 1. The molecular formula is C17H21N2O4+. The molecule has 0 saturated carbocycles. The van der Waals surface area contributed by atoms with E-state index < -0.39 is 0 Å². The summed E-state index contributed by atoms with van der Waals surface area (Å²) in [5, 5.41) is 4.16. The summed E-state index contributed by atoms with van der Waals surface area (Å²) in [6, 6.07) is 4.36. The van der Waals surface area contributed by atoms with Crippen molar-refractivity contribution in [2.45, 2.75) is 25.8 Å². The summed E-state index contributed by atoms with van der Waals surface area (Å²) >= 11 is 0. The molecule has 0 radical (unpaired) electrons. The number of ether oxygens (including phenoxy) is 3. The van der Waals surface area contributed by atoms with Crippen molar-refractivity contribution in [1.29, 1.82) is 0 Å². The standard InChI is InChI=1S/C17H20N2O4/c1-10-6-12(18-23-10)8-13-15-11(4-5-19(13)2)7-14-16(17(15)20-3)22-9-21-14/h6-7,13H,4-5,8-9H2,1-3H3/p+1/t13-/m0/s1. The van der Waals surface area contributed by atoms with Crippen molar-refractivity contribution in [2.75, 3.05) is 27.5 Å². The van der Waals surface area contributed by atoms with E-state index in [1.807, 2.05) is 13.0 Å². The Morgan fingerprint density at radius 3 is 2.96 bits per heavy atom. The third-order valence-electron chi connectivity index (χ3n) is 4.77. The van der Waals surface area contributed by atoms with Crippen molar-refractivity contribution in [3.8, 4) is 17.2 Å². The lowest BCUT2D eigenvalue weighted by molar-refractivity contribution is -0.914. The SMILES string of the molecule is COc1c2c(cc3c1[C@H](Cc1cc(C)on1)[NH+](C)CC3)OCO2. The van der Waals surface area contributed by atoms with Crippen LogP contribution in [0, 0.1) is 6.92 Å². The molecule has 0 bridgehead atoms. The third-order valence-corrected chi connectivity index (χ3v) is 4.77. The molecular weight excluding hydrogens is 296 g/mol. The van der Waals surface area contributed by atoms with Gasteiger partial charge in [-0.1, -0.05) is 5.16 Å². The average molecular weight is 317 g/mol. The minimum Gasteiger partial charge on any atom is -0.492 e. The maximum atomic E-state index is 5.71. The minimum absolute atomic E-state index is 0.254. The molecule has 1 aromatic carbocycles. The zero-order valence-corrected chi connectivity index (χ0v) is 13.6. The van der Waals surface area contributed by atoms with E-state index in [1.165, 1.54) is 16.0 Å². The highest BCUT2D eigenvalue weighted by atomic mass is 16.7. The zero-order valence-electron chi connectivity index (χ0n) is 13.6. The number of hydrogen-bond acceptors (Lipinski definition) is 5. The topological polar surface area (TPSA) is 58.2 Å². The normalized spacial score (nSPS) is 22.0. The molecule has 2 aromatic rings. The molecule has 0 aliphatic carbocycles. The van der Waals surface area contributed by atoms with Gasteiger partial charge in [0.15, 0.2) is 11.5 Å². The van der Waals surface area contributed by atoms with Gasteiger partial charge in [0.1, 0.15) is 11.8 Å². The Labute approximate surface area is 134 Å². The van der Waals surface area contributed by atoms with Crippen molar-refractivity contribution >= 4 is 0 Å². The molecule has 6 heteroatoms. The highest BCUT2D eigenvalue weighted by molar-refractivity contribution is 5.61. The Morgan fingerprint density at radius 2 is 2.22 bits per heavy atom. The molecule has 4 rings (SSSR count). The lowest BCUT2D eigenvalue weighted by Crippen LogP contribution is -3.10. The highest BCUT2D eigenvalue weighted by Crippen LogP contribution is 2.47. The summed E-state index contributed by atoms with van der Waals surface area (Å²) in [5.41, 5.74) is 3.46. The first-order valence-electron chi connectivity index (χ1n) is 7.91. The smallest absolute Gasteiger partial charge is 0.231 e. The Kier molecular flexibility index (Phi) is 3.41. The Bertz CT molecular complexity index is 740. The van der Waals surface area contributed by atoms with E-state index in [9.17, 15) is 0 Å². The second-order valence-electron chi connectivity index (χ2n) is 6.25. The van der Waals surface area contributed by atoms with Crippen molar-refractivity contribution < 1.29 is 23.6 Å². The fourth-order valence-corrected chi connectivity index (χ4v) is 3.62. The molecule has 6 nitrogen and oxygen atoms in total. The molecule has 0 fully saturated rings. The van der Waals surface area contributed by atoms with Crippen LogP contribution >= 0.6 is 0 Å². The maximum absolute atomic E-state index is 5.71. The number of quaternary nitrogens is 1. The highest BCUT2D eigenvalue weighted by Gasteiger charge is 2.36. The van der Waals surface area contributed by atoms with Crippen molar-refractivity contribution in [2.24, 2.45) is 0 Å². The van der Waals surface area contributed by atoms with Crippen LogP contribution in [0.15, 0.2) is 16.7 Å². The van der Waals surface area contributed by atoms with E-state index >= 15 is 0 Å². The van der Waals surface area contributed by atoms with Crippen LogP contribution in [0.4, 0.5) is 0 Å². The number of fused-ring (bicyclic) bond motifs is 2. The van der Waals surface area contributed by atoms with E-state index in [0.717, 1.165) is 48.1 Å². The molecule has 1 unspecified atom stereocenters. The van der Waals surface area contributed by atoms with Gasteiger partial charge in [-0.05, 0) is 18.6 Å².